The second kappa shape index (κ2) is 6.03. The van der Waals surface area contributed by atoms with Crippen LogP contribution in [-0.2, 0) is 9.53 Å². The summed E-state index contributed by atoms with van der Waals surface area (Å²) < 4.78 is 11.9. The molecule has 1 aliphatic carbocycles. The van der Waals surface area contributed by atoms with E-state index in [1.807, 2.05) is 29.2 Å². The van der Waals surface area contributed by atoms with E-state index in [0.717, 1.165) is 18.4 Å². The van der Waals surface area contributed by atoms with Gasteiger partial charge < -0.3 is 14.4 Å². The first-order valence-electron chi connectivity index (χ1n) is 9.14. The molecule has 136 valence electrons. The van der Waals surface area contributed by atoms with Gasteiger partial charge in [0, 0.05) is 19.0 Å². The number of nitrogens with zero attached hydrogens (tertiary/aromatic N) is 4. The number of benzene rings is 1. The van der Waals surface area contributed by atoms with Gasteiger partial charge in [0.2, 0.25) is 0 Å². The standard InChI is InChI=1S/C20H18N4O3/c21-12-14-8-9-22-19(23-14)26-15-10-20(11-15)18(25)24-16(6-7-17(24)27-20)13-4-2-1-3-5-13/h1-5,8-9,15-17H,6-7,10-11H2/t15?,16-,17+,20?/m0/s1. The molecule has 2 aliphatic heterocycles. The second-order valence-corrected chi connectivity index (χ2v) is 7.27. The number of hydrogen-bond donors (Lipinski definition) is 0. The molecule has 2 atom stereocenters. The molecule has 2 aromatic rings. The Morgan fingerprint density at radius 1 is 1.22 bits per heavy atom. The third-order valence-electron chi connectivity index (χ3n) is 5.64. The predicted octanol–water partition coefficient (Wildman–Crippen LogP) is 2.35. The molecule has 0 N–H and O–H groups in total. The van der Waals surface area contributed by atoms with Crippen molar-refractivity contribution < 1.29 is 14.3 Å². The highest BCUT2D eigenvalue weighted by Gasteiger charge is 2.63. The maximum Gasteiger partial charge on any atom is 0.317 e. The van der Waals surface area contributed by atoms with Gasteiger partial charge in [-0.05, 0) is 24.5 Å². The Kier molecular flexibility index (Phi) is 3.62. The smallest absolute Gasteiger partial charge is 0.317 e. The minimum atomic E-state index is -0.782. The molecular formula is C20H18N4O3. The zero-order valence-corrected chi connectivity index (χ0v) is 14.6. The van der Waals surface area contributed by atoms with Crippen molar-refractivity contribution in [1.29, 1.82) is 5.26 Å². The van der Waals surface area contributed by atoms with Crippen LogP contribution in [0.3, 0.4) is 0 Å². The van der Waals surface area contributed by atoms with Gasteiger partial charge in [0.05, 0.1) is 6.04 Å². The van der Waals surface area contributed by atoms with Gasteiger partial charge in [-0.2, -0.15) is 10.2 Å². The Balaban J connectivity index is 1.28. The van der Waals surface area contributed by atoms with Crippen LogP contribution in [0.25, 0.3) is 0 Å². The molecule has 0 bridgehead atoms. The van der Waals surface area contributed by atoms with Crippen molar-refractivity contribution in [2.24, 2.45) is 0 Å². The van der Waals surface area contributed by atoms with Gasteiger partial charge >= 0.3 is 6.01 Å². The molecular weight excluding hydrogens is 344 g/mol. The Bertz CT molecular complexity index is 920. The molecule has 3 fully saturated rings. The zero-order valence-electron chi connectivity index (χ0n) is 14.6. The quantitative estimate of drug-likeness (QED) is 0.833. The first-order chi connectivity index (χ1) is 13.2. The Morgan fingerprint density at radius 2 is 2.04 bits per heavy atom. The maximum atomic E-state index is 13.1. The average Bonchev–Trinajstić information content (AvgIpc) is 3.21. The summed E-state index contributed by atoms with van der Waals surface area (Å²) in [6.07, 6.45) is 3.91. The van der Waals surface area contributed by atoms with E-state index in [2.05, 4.69) is 22.1 Å². The molecule has 7 heteroatoms. The van der Waals surface area contributed by atoms with E-state index in [1.54, 1.807) is 0 Å². The molecule has 1 amide bonds. The molecule has 1 spiro atoms. The van der Waals surface area contributed by atoms with Crippen LogP contribution in [0.15, 0.2) is 42.6 Å². The largest absolute Gasteiger partial charge is 0.460 e. The van der Waals surface area contributed by atoms with Gasteiger partial charge in [0.1, 0.15) is 24.1 Å². The van der Waals surface area contributed by atoms with Gasteiger partial charge in [0.25, 0.3) is 5.91 Å². The molecule has 27 heavy (non-hydrogen) atoms. The normalized spacial score (nSPS) is 31.4. The minimum Gasteiger partial charge on any atom is -0.460 e. The van der Waals surface area contributed by atoms with Crippen LogP contribution >= 0.6 is 0 Å². The lowest BCUT2D eigenvalue weighted by Gasteiger charge is -2.41. The van der Waals surface area contributed by atoms with Gasteiger partial charge in [-0.25, -0.2) is 4.98 Å². The van der Waals surface area contributed by atoms with Crippen molar-refractivity contribution in [3.8, 4) is 12.1 Å². The van der Waals surface area contributed by atoms with Gasteiger partial charge in [-0.3, -0.25) is 4.79 Å². The summed E-state index contributed by atoms with van der Waals surface area (Å²) in [5.41, 5.74) is 0.631. The van der Waals surface area contributed by atoms with Crippen molar-refractivity contribution in [3.05, 3.63) is 53.9 Å². The monoisotopic (exact) mass is 362 g/mol. The fraction of sp³-hybridized carbons (Fsp3) is 0.400. The zero-order chi connectivity index (χ0) is 18.4. The summed E-state index contributed by atoms with van der Waals surface area (Å²) in [5.74, 6) is 0.0606. The fourth-order valence-electron chi connectivity index (χ4n) is 4.35. The third-order valence-corrected chi connectivity index (χ3v) is 5.64. The Hall–Kier alpha value is -2.98. The lowest BCUT2D eigenvalue weighted by atomic mass is 9.76. The number of aromatic nitrogens is 2. The third kappa shape index (κ3) is 2.56. The SMILES string of the molecule is N#Cc1ccnc(OC2CC3(C2)O[C@@H]2CC[C@@H](c4ccccc4)N2C3=O)n1. The van der Waals surface area contributed by atoms with Crippen LogP contribution in [0.5, 0.6) is 6.01 Å². The molecule has 7 nitrogen and oxygen atoms in total. The van der Waals surface area contributed by atoms with E-state index in [4.69, 9.17) is 14.7 Å². The fourth-order valence-corrected chi connectivity index (χ4v) is 4.35. The number of fused-ring (bicyclic) bond motifs is 1. The molecule has 0 radical (unpaired) electrons. The van der Waals surface area contributed by atoms with Crippen LogP contribution in [0, 0.1) is 11.3 Å². The summed E-state index contributed by atoms with van der Waals surface area (Å²) in [6, 6.07) is 13.9. The molecule has 5 rings (SSSR count). The van der Waals surface area contributed by atoms with E-state index < -0.39 is 5.60 Å². The topological polar surface area (TPSA) is 88.3 Å². The summed E-state index contributed by atoms with van der Waals surface area (Å²) in [5, 5.41) is 8.91. The average molecular weight is 362 g/mol. The number of carbonyl (C=O) groups excluding carboxylic acids is 1. The second-order valence-electron chi connectivity index (χ2n) is 7.27. The van der Waals surface area contributed by atoms with E-state index in [9.17, 15) is 4.79 Å². The Labute approximate surface area is 156 Å². The first-order valence-corrected chi connectivity index (χ1v) is 9.14. The number of ether oxygens (including phenoxy) is 2. The maximum absolute atomic E-state index is 13.1. The molecule has 1 aromatic carbocycles. The van der Waals surface area contributed by atoms with Crippen molar-refractivity contribution in [2.75, 3.05) is 0 Å². The number of nitriles is 1. The van der Waals surface area contributed by atoms with Crippen LogP contribution in [-0.4, -0.2) is 38.7 Å². The molecule has 1 saturated carbocycles. The van der Waals surface area contributed by atoms with Crippen LogP contribution in [0.1, 0.15) is 43.0 Å². The molecule has 3 heterocycles. The van der Waals surface area contributed by atoms with Crippen LogP contribution in [0.2, 0.25) is 0 Å². The summed E-state index contributed by atoms with van der Waals surface area (Å²) >= 11 is 0. The number of amides is 1. The molecule has 1 aromatic heterocycles. The Morgan fingerprint density at radius 3 is 2.81 bits per heavy atom. The number of hydrogen-bond acceptors (Lipinski definition) is 6. The lowest BCUT2D eigenvalue weighted by molar-refractivity contribution is -0.162. The molecule has 3 aliphatic rings. The van der Waals surface area contributed by atoms with Crippen LogP contribution < -0.4 is 4.74 Å². The predicted molar refractivity (Wildman–Crippen MR) is 93.3 cm³/mol. The van der Waals surface area contributed by atoms with Crippen molar-refractivity contribution in [1.82, 2.24) is 14.9 Å². The number of rotatable bonds is 3. The van der Waals surface area contributed by atoms with Crippen molar-refractivity contribution in [3.63, 3.8) is 0 Å². The minimum absolute atomic E-state index is 0.0606. The van der Waals surface area contributed by atoms with Gasteiger partial charge in [0.15, 0.2) is 5.60 Å². The van der Waals surface area contributed by atoms with E-state index in [0.29, 0.717) is 12.8 Å². The summed E-state index contributed by atoms with van der Waals surface area (Å²) in [4.78, 5) is 23.1. The highest BCUT2D eigenvalue weighted by atomic mass is 16.6. The van der Waals surface area contributed by atoms with E-state index >= 15 is 0 Å². The van der Waals surface area contributed by atoms with Crippen molar-refractivity contribution >= 4 is 5.91 Å². The first kappa shape index (κ1) is 16.2. The summed E-state index contributed by atoms with van der Waals surface area (Å²) in [7, 11) is 0. The van der Waals surface area contributed by atoms with Gasteiger partial charge in [-0.15, -0.1) is 0 Å². The molecule has 2 saturated heterocycles. The summed E-state index contributed by atoms with van der Waals surface area (Å²) in [6.45, 7) is 0. The van der Waals surface area contributed by atoms with E-state index in [-0.39, 0.29) is 36.0 Å². The van der Waals surface area contributed by atoms with Crippen molar-refractivity contribution in [2.45, 2.75) is 49.7 Å². The number of carbonyl (C=O) groups is 1. The van der Waals surface area contributed by atoms with Gasteiger partial charge in [-0.1, -0.05) is 30.3 Å². The highest BCUT2D eigenvalue weighted by molar-refractivity contribution is 5.89. The molecule has 0 unspecified atom stereocenters. The highest BCUT2D eigenvalue weighted by Crippen LogP contribution is 2.51. The van der Waals surface area contributed by atoms with Crippen LogP contribution in [0.4, 0.5) is 0 Å². The lowest BCUT2D eigenvalue weighted by Crippen LogP contribution is -2.56. The van der Waals surface area contributed by atoms with E-state index in [1.165, 1.54) is 12.3 Å².